The van der Waals surface area contributed by atoms with Crippen LogP contribution in [0.5, 0.6) is 5.75 Å². The molecule has 0 aliphatic heterocycles. The second-order valence-corrected chi connectivity index (χ2v) is 4.67. The summed E-state index contributed by atoms with van der Waals surface area (Å²) in [4.78, 5) is 14.4. The van der Waals surface area contributed by atoms with Crippen molar-refractivity contribution in [2.24, 2.45) is 0 Å². The molecule has 7 heteroatoms. The van der Waals surface area contributed by atoms with Gasteiger partial charge in [-0.05, 0) is 17.7 Å². The summed E-state index contributed by atoms with van der Waals surface area (Å²) < 4.78 is 5.43. The standard InChI is InChI=1S/C13H20N2O5/c1-10(2)14-7-12(16)9-19-13-5-3-4-11(6-13)8-20-15(17)18/h3-6,10,12,14,16H,7-9H2,1-2H3. The number of aliphatic hydroxyl groups excluding tert-OH is 1. The maximum atomic E-state index is 10.1. The van der Waals surface area contributed by atoms with Gasteiger partial charge < -0.3 is 20.0 Å². The highest BCUT2D eigenvalue weighted by Crippen LogP contribution is 2.14. The molecule has 0 aliphatic rings. The highest BCUT2D eigenvalue weighted by atomic mass is 16.9. The molecule has 1 atom stereocenters. The Morgan fingerprint density at radius 3 is 2.85 bits per heavy atom. The molecule has 1 aromatic rings. The van der Waals surface area contributed by atoms with E-state index in [1.807, 2.05) is 13.8 Å². The molecule has 1 rings (SSSR count). The first-order chi connectivity index (χ1) is 9.47. The van der Waals surface area contributed by atoms with Crippen LogP contribution in [0.1, 0.15) is 19.4 Å². The van der Waals surface area contributed by atoms with Crippen LogP contribution < -0.4 is 10.1 Å². The van der Waals surface area contributed by atoms with Gasteiger partial charge >= 0.3 is 0 Å². The van der Waals surface area contributed by atoms with Gasteiger partial charge in [0.25, 0.3) is 5.09 Å². The van der Waals surface area contributed by atoms with Crippen molar-refractivity contribution in [3.05, 3.63) is 39.9 Å². The molecule has 0 fully saturated rings. The molecule has 2 N–H and O–H groups in total. The van der Waals surface area contributed by atoms with E-state index in [9.17, 15) is 15.2 Å². The first-order valence-corrected chi connectivity index (χ1v) is 6.38. The summed E-state index contributed by atoms with van der Waals surface area (Å²) in [5.41, 5.74) is 0.633. The van der Waals surface area contributed by atoms with Gasteiger partial charge in [-0.15, -0.1) is 10.1 Å². The molecule has 1 aromatic carbocycles. The molecular weight excluding hydrogens is 264 g/mol. The topological polar surface area (TPSA) is 93.9 Å². The van der Waals surface area contributed by atoms with E-state index in [0.717, 1.165) is 0 Å². The number of nitrogens with one attached hydrogen (secondary N) is 1. The van der Waals surface area contributed by atoms with Crippen molar-refractivity contribution in [1.29, 1.82) is 0 Å². The number of nitrogens with zero attached hydrogens (tertiary/aromatic N) is 1. The van der Waals surface area contributed by atoms with Crippen molar-refractivity contribution in [1.82, 2.24) is 5.32 Å². The third-order valence-corrected chi connectivity index (χ3v) is 2.44. The summed E-state index contributed by atoms with van der Waals surface area (Å²) in [5.74, 6) is 0.540. The summed E-state index contributed by atoms with van der Waals surface area (Å²) in [5, 5.41) is 22.1. The van der Waals surface area contributed by atoms with Crippen LogP contribution >= 0.6 is 0 Å². The van der Waals surface area contributed by atoms with Gasteiger partial charge in [-0.25, -0.2) is 0 Å². The first-order valence-electron chi connectivity index (χ1n) is 6.38. The molecule has 1 unspecified atom stereocenters. The second kappa shape index (κ2) is 8.34. The van der Waals surface area contributed by atoms with Gasteiger partial charge in [-0.1, -0.05) is 26.0 Å². The van der Waals surface area contributed by atoms with Crippen molar-refractivity contribution in [3.63, 3.8) is 0 Å². The number of aliphatic hydroxyl groups is 1. The Hall–Kier alpha value is -1.86. The monoisotopic (exact) mass is 284 g/mol. The third kappa shape index (κ3) is 6.91. The van der Waals surface area contributed by atoms with Crippen LogP contribution in [0.4, 0.5) is 0 Å². The maximum absolute atomic E-state index is 10.1. The molecule has 7 nitrogen and oxygen atoms in total. The fourth-order valence-electron chi connectivity index (χ4n) is 1.48. The number of rotatable bonds is 9. The van der Waals surface area contributed by atoms with E-state index < -0.39 is 11.2 Å². The predicted molar refractivity (Wildman–Crippen MR) is 72.9 cm³/mol. The molecule has 112 valence electrons. The maximum Gasteiger partial charge on any atom is 0.294 e. The smallest absolute Gasteiger partial charge is 0.294 e. The molecule has 0 saturated carbocycles. The minimum absolute atomic E-state index is 0.123. The summed E-state index contributed by atoms with van der Waals surface area (Å²) in [6, 6.07) is 7.08. The van der Waals surface area contributed by atoms with Crippen LogP contribution in [-0.2, 0) is 11.4 Å². The van der Waals surface area contributed by atoms with Crippen molar-refractivity contribution in [2.75, 3.05) is 13.2 Å². The van der Waals surface area contributed by atoms with Gasteiger partial charge in [0.15, 0.2) is 0 Å². The van der Waals surface area contributed by atoms with E-state index in [1.54, 1.807) is 24.3 Å². The number of hydrogen-bond donors (Lipinski definition) is 2. The van der Waals surface area contributed by atoms with E-state index in [4.69, 9.17) is 4.74 Å². The largest absolute Gasteiger partial charge is 0.491 e. The van der Waals surface area contributed by atoms with E-state index in [0.29, 0.717) is 23.9 Å². The van der Waals surface area contributed by atoms with Crippen molar-refractivity contribution >= 4 is 0 Å². The number of benzene rings is 1. The van der Waals surface area contributed by atoms with Gasteiger partial charge in [-0.3, -0.25) is 0 Å². The highest BCUT2D eigenvalue weighted by Gasteiger charge is 2.06. The molecule has 0 saturated heterocycles. The van der Waals surface area contributed by atoms with Crippen LogP contribution in [0.2, 0.25) is 0 Å². The van der Waals surface area contributed by atoms with E-state index >= 15 is 0 Å². The van der Waals surface area contributed by atoms with Gasteiger partial charge in [0.05, 0.1) is 0 Å². The highest BCUT2D eigenvalue weighted by molar-refractivity contribution is 5.28. The molecule has 0 spiro atoms. The average molecular weight is 284 g/mol. The first kappa shape index (κ1) is 16.2. The lowest BCUT2D eigenvalue weighted by Crippen LogP contribution is -2.35. The molecule has 0 amide bonds. The summed E-state index contributed by atoms with van der Waals surface area (Å²) in [6.07, 6.45) is -0.615. The van der Waals surface area contributed by atoms with Crippen LogP contribution in [0.15, 0.2) is 24.3 Å². The summed E-state index contributed by atoms with van der Waals surface area (Å²) in [7, 11) is 0. The third-order valence-electron chi connectivity index (χ3n) is 2.44. The lowest BCUT2D eigenvalue weighted by atomic mass is 10.2. The molecule has 0 heterocycles. The van der Waals surface area contributed by atoms with Gasteiger partial charge in [0.2, 0.25) is 0 Å². The Labute approximate surface area is 117 Å². The number of ether oxygens (including phenoxy) is 1. The van der Waals surface area contributed by atoms with Gasteiger partial charge in [0.1, 0.15) is 25.1 Å². The number of hydrogen-bond acceptors (Lipinski definition) is 6. The van der Waals surface area contributed by atoms with Crippen molar-refractivity contribution in [3.8, 4) is 5.75 Å². The van der Waals surface area contributed by atoms with Crippen LogP contribution in [0.3, 0.4) is 0 Å². The second-order valence-electron chi connectivity index (χ2n) is 4.67. The Balaban J connectivity index is 2.39. The minimum atomic E-state index is -0.838. The Morgan fingerprint density at radius 2 is 2.20 bits per heavy atom. The normalized spacial score (nSPS) is 12.2. The lowest BCUT2D eigenvalue weighted by Gasteiger charge is -2.15. The molecule has 0 aromatic heterocycles. The molecule has 0 radical (unpaired) electrons. The van der Waals surface area contributed by atoms with Gasteiger partial charge in [0, 0.05) is 12.6 Å². The van der Waals surface area contributed by atoms with Crippen LogP contribution in [-0.4, -0.2) is 35.5 Å². The zero-order valence-corrected chi connectivity index (χ0v) is 11.6. The summed E-state index contributed by atoms with van der Waals surface area (Å²) in [6.45, 7) is 4.46. The van der Waals surface area contributed by atoms with Gasteiger partial charge in [-0.2, -0.15) is 0 Å². The fraction of sp³-hybridized carbons (Fsp3) is 0.538. The lowest BCUT2D eigenvalue weighted by molar-refractivity contribution is -0.763. The minimum Gasteiger partial charge on any atom is -0.491 e. The SMILES string of the molecule is CC(C)NCC(O)COc1cccc(CO[N+](=O)[O-])c1. The van der Waals surface area contributed by atoms with Crippen molar-refractivity contribution in [2.45, 2.75) is 32.6 Å². The average Bonchev–Trinajstić information content (AvgIpc) is 2.41. The molecule has 0 bridgehead atoms. The van der Waals surface area contributed by atoms with Crippen LogP contribution in [0.25, 0.3) is 0 Å². The van der Waals surface area contributed by atoms with Crippen molar-refractivity contribution < 1.29 is 19.8 Å². The van der Waals surface area contributed by atoms with E-state index in [1.165, 1.54) is 0 Å². The molecular formula is C13H20N2O5. The fourth-order valence-corrected chi connectivity index (χ4v) is 1.48. The predicted octanol–water partition coefficient (Wildman–Crippen LogP) is 1.13. The Morgan fingerprint density at radius 1 is 1.45 bits per heavy atom. The Bertz CT molecular complexity index is 425. The molecule has 20 heavy (non-hydrogen) atoms. The van der Waals surface area contributed by atoms with Crippen LogP contribution in [0, 0.1) is 10.1 Å². The zero-order chi connectivity index (χ0) is 15.0. The summed E-state index contributed by atoms with van der Waals surface area (Å²) >= 11 is 0. The van der Waals surface area contributed by atoms with E-state index in [2.05, 4.69) is 10.2 Å². The van der Waals surface area contributed by atoms with E-state index in [-0.39, 0.29) is 13.2 Å². The molecule has 0 aliphatic carbocycles. The Kier molecular flexibility index (Phi) is 6.75. The quantitative estimate of drug-likeness (QED) is 0.521. The zero-order valence-electron chi connectivity index (χ0n) is 11.6.